The maximum Gasteiger partial charge on any atom is 0.233 e. The van der Waals surface area contributed by atoms with Crippen molar-refractivity contribution < 1.29 is 4.79 Å². The first kappa shape index (κ1) is 14.5. The van der Waals surface area contributed by atoms with Gasteiger partial charge in [0.25, 0.3) is 0 Å². The minimum absolute atomic E-state index is 0.121. The zero-order valence-corrected chi connectivity index (χ0v) is 12.0. The zero-order chi connectivity index (χ0) is 13.1. The molecule has 0 aromatic carbocycles. The standard InChI is InChI=1S/C14H28N2O/c1-10(2)8-16-13(17)9-15-12-7-14(4,5)6-11(12)3/h10-12,15H,6-9H2,1-5H3,(H,16,17). The molecule has 0 radical (unpaired) electrons. The molecule has 0 saturated heterocycles. The normalized spacial score (nSPS) is 27.4. The Kier molecular flexibility index (Phi) is 4.99. The number of rotatable bonds is 5. The van der Waals surface area contributed by atoms with E-state index in [1.807, 2.05) is 0 Å². The average Bonchev–Trinajstić information content (AvgIpc) is 2.45. The van der Waals surface area contributed by atoms with Gasteiger partial charge in [-0.2, -0.15) is 0 Å². The van der Waals surface area contributed by atoms with Crippen LogP contribution in [0, 0.1) is 17.3 Å². The van der Waals surface area contributed by atoms with Gasteiger partial charge in [0.1, 0.15) is 0 Å². The number of carbonyl (C=O) groups is 1. The van der Waals surface area contributed by atoms with Gasteiger partial charge in [0, 0.05) is 12.6 Å². The summed E-state index contributed by atoms with van der Waals surface area (Å²) in [5.41, 5.74) is 0.422. The summed E-state index contributed by atoms with van der Waals surface area (Å²) < 4.78 is 0. The van der Waals surface area contributed by atoms with Crippen LogP contribution < -0.4 is 10.6 Å². The van der Waals surface area contributed by atoms with Gasteiger partial charge in [-0.15, -0.1) is 0 Å². The van der Waals surface area contributed by atoms with Gasteiger partial charge < -0.3 is 10.6 Å². The fourth-order valence-electron chi connectivity index (χ4n) is 2.77. The summed E-state index contributed by atoms with van der Waals surface area (Å²) in [6, 6.07) is 0.495. The van der Waals surface area contributed by atoms with E-state index in [2.05, 4.69) is 45.3 Å². The molecule has 1 aliphatic rings. The summed E-state index contributed by atoms with van der Waals surface area (Å²) in [4.78, 5) is 11.6. The third-order valence-corrected chi connectivity index (χ3v) is 3.57. The zero-order valence-electron chi connectivity index (χ0n) is 12.0. The van der Waals surface area contributed by atoms with Gasteiger partial charge in [0.15, 0.2) is 0 Å². The van der Waals surface area contributed by atoms with Crippen molar-refractivity contribution in [2.45, 2.75) is 53.5 Å². The highest BCUT2D eigenvalue weighted by atomic mass is 16.1. The Balaban J connectivity index is 2.25. The van der Waals surface area contributed by atoms with E-state index in [-0.39, 0.29) is 5.91 Å². The van der Waals surface area contributed by atoms with Crippen molar-refractivity contribution >= 4 is 5.91 Å². The molecule has 17 heavy (non-hydrogen) atoms. The second-order valence-electron chi connectivity index (χ2n) is 6.74. The first-order valence-electron chi connectivity index (χ1n) is 6.80. The van der Waals surface area contributed by atoms with Crippen molar-refractivity contribution in [3.63, 3.8) is 0 Å². The van der Waals surface area contributed by atoms with Gasteiger partial charge in [-0.3, -0.25) is 4.79 Å². The Hall–Kier alpha value is -0.570. The lowest BCUT2D eigenvalue weighted by atomic mass is 9.91. The van der Waals surface area contributed by atoms with Gasteiger partial charge in [-0.05, 0) is 30.1 Å². The van der Waals surface area contributed by atoms with Gasteiger partial charge >= 0.3 is 0 Å². The molecule has 0 aliphatic heterocycles. The highest BCUT2D eigenvalue weighted by molar-refractivity contribution is 5.78. The predicted molar refractivity (Wildman–Crippen MR) is 71.8 cm³/mol. The molecule has 1 saturated carbocycles. The molecule has 2 atom stereocenters. The van der Waals surface area contributed by atoms with Crippen LogP contribution in [0.2, 0.25) is 0 Å². The van der Waals surface area contributed by atoms with Crippen LogP contribution in [0.5, 0.6) is 0 Å². The van der Waals surface area contributed by atoms with Crippen LogP contribution in [0.15, 0.2) is 0 Å². The Morgan fingerprint density at radius 1 is 1.35 bits per heavy atom. The van der Waals surface area contributed by atoms with Crippen molar-refractivity contribution in [2.75, 3.05) is 13.1 Å². The quantitative estimate of drug-likeness (QED) is 0.773. The third-order valence-electron chi connectivity index (χ3n) is 3.57. The molecule has 2 unspecified atom stereocenters. The van der Waals surface area contributed by atoms with Crippen LogP contribution >= 0.6 is 0 Å². The molecule has 0 aromatic heterocycles. The molecule has 1 aliphatic carbocycles. The van der Waals surface area contributed by atoms with E-state index >= 15 is 0 Å². The minimum atomic E-state index is 0.121. The van der Waals surface area contributed by atoms with Crippen LogP contribution in [-0.4, -0.2) is 25.0 Å². The van der Waals surface area contributed by atoms with Gasteiger partial charge in [0.05, 0.1) is 6.54 Å². The topological polar surface area (TPSA) is 41.1 Å². The lowest BCUT2D eigenvalue weighted by molar-refractivity contribution is -0.120. The van der Waals surface area contributed by atoms with Gasteiger partial charge in [-0.1, -0.05) is 34.6 Å². The van der Waals surface area contributed by atoms with Crippen molar-refractivity contribution in [2.24, 2.45) is 17.3 Å². The molecule has 1 amide bonds. The maximum absolute atomic E-state index is 11.6. The number of hydrogen-bond acceptors (Lipinski definition) is 2. The average molecular weight is 240 g/mol. The molecule has 0 bridgehead atoms. The lowest BCUT2D eigenvalue weighted by Gasteiger charge is -2.18. The van der Waals surface area contributed by atoms with Gasteiger partial charge in [-0.25, -0.2) is 0 Å². The first-order valence-corrected chi connectivity index (χ1v) is 6.80. The number of carbonyl (C=O) groups excluding carboxylic acids is 1. The molecule has 0 spiro atoms. The molecule has 1 fully saturated rings. The Morgan fingerprint density at radius 2 is 2.00 bits per heavy atom. The number of hydrogen-bond donors (Lipinski definition) is 2. The van der Waals surface area contributed by atoms with E-state index < -0.39 is 0 Å². The third kappa shape index (κ3) is 5.07. The summed E-state index contributed by atoms with van der Waals surface area (Å²) in [7, 11) is 0. The Labute approximate surface area is 106 Å². The van der Waals surface area contributed by atoms with E-state index in [0.29, 0.717) is 29.8 Å². The SMILES string of the molecule is CC(C)CNC(=O)CNC1CC(C)(C)CC1C. The minimum Gasteiger partial charge on any atom is -0.355 e. The molecule has 1 rings (SSSR count). The van der Waals surface area contributed by atoms with Crippen LogP contribution in [0.25, 0.3) is 0 Å². The molecular weight excluding hydrogens is 212 g/mol. The highest BCUT2D eigenvalue weighted by Gasteiger charge is 2.36. The number of nitrogens with one attached hydrogen (secondary N) is 2. The summed E-state index contributed by atoms with van der Waals surface area (Å²) in [6.45, 7) is 12.3. The van der Waals surface area contributed by atoms with E-state index in [4.69, 9.17) is 0 Å². The highest BCUT2D eigenvalue weighted by Crippen LogP contribution is 2.40. The molecule has 3 heteroatoms. The van der Waals surface area contributed by atoms with Crippen molar-refractivity contribution in [1.82, 2.24) is 10.6 Å². The van der Waals surface area contributed by atoms with E-state index in [0.717, 1.165) is 6.54 Å². The molecule has 3 nitrogen and oxygen atoms in total. The van der Waals surface area contributed by atoms with Crippen LogP contribution in [-0.2, 0) is 4.79 Å². The summed E-state index contributed by atoms with van der Waals surface area (Å²) in [5.74, 6) is 1.31. The fraction of sp³-hybridized carbons (Fsp3) is 0.929. The predicted octanol–water partition coefficient (Wildman–Crippen LogP) is 2.17. The summed E-state index contributed by atoms with van der Waals surface area (Å²) >= 11 is 0. The van der Waals surface area contributed by atoms with Crippen LogP contribution in [0.1, 0.15) is 47.5 Å². The fourth-order valence-corrected chi connectivity index (χ4v) is 2.77. The molecule has 100 valence electrons. The van der Waals surface area contributed by atoms with Gasteiger partial charge in [0.2, 0.25) is 5.91 Å². The van der Waals surface area contributed by atoms with Crippen LogP contribution in [0.3, 0.4) is 0 Å². The smallest absolute Gasteiger partial charge is 0.233 e. The van der Waals surface area contributed by atoms with Crippen molar-refractivity contribution in [3.8, 4) is 0 Å². The molecular formula is C14H28N2O. The lowest BCUT2D eigenvalue weighted by Crippen LogP contribution is -2.41. The summed E-state index contributed by atoms with van der Waals surface area (Å²) in [5, 5.41) is 6.34. The number of amides is 1. The van der Waals surface area contributed by atoms with Crippen LogP contribution in [0.4, 0.5) is 0 Å². The largest absolute Gasteiger partial charge is 0.355 e. The maximum atomic E-state index is 11.6. The van der Waals surface area contributed by atoms with E-state index in [9.17, 15) is 4.79 Å². The monoisotopic (exact) mass is 240 g/mol. The Morgan fingerprint density at radius 3 is 2.47 bits per heavy atom. The second-order valence-corrected chi connectivity index (χ2v) is 6.74. The Bertz CT molecular complexity index is 261. The van der Waals surface area contributed by atoms with Crippen molar-refractivity contribution in [1.29, 1.82) is 0 Å². The second kappa shape index (κ2) is 5.85. The summed E-state index contributed by atoms with van der Waals surface area (Å²) in [6.07, 6.45) is 2.42. The molecule has 0 heterocycles. The molecule has 2 N–H and O–H groups in total. The first-order chi connectivity index (χ1) is 7.80. The molecule has 0 aromatic rings. The van der Waals surface area contributed by atoms with Crippen molar-refractivity contribution in [3.05, 3.63) is 0 Å². The van der Waals surface area contributed by atoms with E-state index in [1.165, 1.54) is 12.8 Å². The van der Waals surface area contributed by atoms with E-state index in [1.54, 1.807) is 0 Å².